The van der Waals surface area contributed by atoms with Crippen molar-refractivity contribution >= 4 is 0 Å². The van der Waals surface area contributed by atoms with Gasteiger partial charge in [0.05, 0.1) is 19.0 Å². The summed E-state index contributed by atoms with van der Waals surface area (Å²) in [7, 11) is 3.75. The third-order valence-corrected chi connectivity index (χ3v) is 7.83. The fourth-order valence-corrected chi connectivity index (χ4v) is 5.34. The zero-order valence-electron chi connectivity index (χ0n) is 25.4. The molecule has 1 N–H and O–H groups in total. The van der Waals surface area contributed by atoms with Crippen LogP contribution >= 0.6 is 0 Å². The van der Waals surface area contributed by atoms with E-state index in [4.69, 9.17) is 4.74 Å². The lowest BCUT2D eigenvalue weighted by atomic mass is 9.91. The average molecular weight is 531 g/mol. The molecule has 1 atom stereocenters. The molecule has 0 bridgehead atoms. The Morgan fingerprint density at radius 1 is 0.872 bits per heavy atom. The molecule has 0 amide bonds. The fraction of sp³-hybridized carbons (Fsp3) is 0.471. The summed E-state index contributed by atoms with van der Waals surface area (Å²) in [5.74, 6) is 3.89. The van der Waals surface area contributed by atoms with E-state index < -0.39 is 0 Å². The minimum Gasteiger partial charge on any atom is -0.497 e. The molecule has 2 aromatic carbocycles. The number of aryl methyl sites for hydroxylation is 1. The predicted molar refractivity (Wildman–Crippen MR) is 165 cm³/mol. The Labute approximate surface area is 237 Å². The molecular formula is C34H50N4O. The van der Waals surface area contributed by atoms with Crippen molar-refractivity contribution in [1.29, 1.82) is 0 Å². The lowest BCUT2D eigenvalue weighted by Gasteiger charge is -2.41. The maximum absolute atomic E-state index is 5.29. The van der Waals surface area contributed by atoms with Gasteiger partial charge in [-0.2, -0.15) is 0 Å². The van der Waals surface area contributed by atoms with Gasteiger partial charge in [-0.25, -0.2) is 0 Å². The van der Waals surface area contributed by atoms with Crippen LogP contribution in [0, 0.1) is 12.8 Å². The third-order valence-electron chi connectivity index (χ3n) is 7.83. The predicted octanol–water partition coefficient (Wildman–Crippen LogP) is 7.97. The van der Waals surface area contributed by atoms with Crippen molar-refractivity contribution in [3.05, 3.63) is 101 Å². The second kappa shape index (κ2) is 14.2. The van der Waals surface area contributed by atoms with Crippen molar-refractivity contribution < 1.29 is 4.74 Å². The van der Waals surface area contributed by atoms with Crippen LogP contribution in [0.2, 0.25) is 0 Å². The molecule has 2 aromatic rings. The molecular weight excluding hydrogens is 480 g/mol. The number of nitrogens with zero attached hydrogens (tertiary/aromatic N) is 3. The standard InChI is InChI=1S/C25H30N4O.C7H14.C2H6/c1-17-7-9-21(10-8-17)15-28-18(2)24-25(27(5)20(28)4)26-19(3)29(24)16-22-11-13-23(30-6)14-12-22;1-7-5-3-2-4-6-7;1-2/h7-14,19,26H,2,4,15-16H2,1,3,5-6H3;7H,2-6H2,1H3;1-2H3. The van der Waals surface area contributed by atoms with Gasteiger partial charge in [0.15, 0.2) is 0 Å². The Kier molecular flexibility index (Phi) is 11.0. The van der Waals surface area contributed by atoms with Crippen molar-refractivity contribution in [2.24, 2.45) is 5.92 Å². The molecule has 1 saturated carbocycles. The summed E-state index contributed by atoms with van der Waals surface area (Å²) in [5.41, 5.74) is 5.82. The van der Waals surface area contributed by atoms with Gasteiger partial charge in [-0.3, -0.25) is 0 Å². The number of hydrogen-bond acceptors (Lipinski definition) is 5. The first-order chi connectivity index (χ1) is 18.8. The number of ether oxygens (including phenoxy) is 1. The van der Waals surface area contributed by atoms with Gasteiger partial charge in [0.2, 0.25) is 0 Å². The van der Waals surface area contributed by atoms with E-state index in [-0.39, 0.29) is 6.17 Å². The van der Waals surface area contributed by atoms with Crippen LogP contribution in [0.25, 0.3) is 0 Å². The summed E-state index contributed by atoms with van der Waals surface area (Å²) in [6.45, 7) is 21.0. The van der Waals surface area contributed by atoms with Crippen molar-refractivity contribution in [3.8, 4) is 5.75 Å². The Balaban J connectivity index is 0.000000401. The number of benzene rings is 2. The van der Waals surface area contributed by atoms with Gasteiger partial charge in [0.1, 0.15) is 23.1 Å². The summed E-state index contributed by atoms with van der Waals surface area (Å²) in [6, 6.07) is 16.9. The van der Waals surface area contributed by atoms with E-state index in [0.29, 0.717) is 0 Å². The third kappa shape index (κ3) is 7.40. The van der Waals surface area contributed by atoms with Gasteiger partial charge in [-0.15, -0.1) is 0 Å². The van der Waals surface area contributed by atoms with E-state index >= 15 is 0 Å². The van der Waals surface area contributed by atoms with Crippen LogP contribution in [0.15, 0.2) is 84.7 Å². The second-order valence-electron chi connectivity index (χ2n) is 10.7. The monoisotopic (exact) mass is 530 g/mol. The highest BCUT2D eigenvalue weighted by molar-refractivity contribution is 5.42. The number of methoxy groups -OCH3 is 1. The highest BCUT2D eigenvalue weighted by Crippen LogP contribution is 2.38. The molecule has 3 aliphatic rings. The Morgan fingerprint density at radius 3 is 1.97 bits per heavy atom. The Bertz CT molecular complexity index is 1110. The topological polar surface area (TPSA) is 31.0 Å². The summed E-state index contributed by atoms with van der Waals surface area (Å²) < 4.78 is 5.29. The molecule has 1 unspecified atom stereocenters. The zero-order valence-corrected chi connectivity index (χ0v) is 25.4. The maximum Gasteiger partial charge on any atom is 0.135 e. The molecule has 39 heavy (non-hydrogen) atoms. The first kappa shape index (κ1) is 30.2. The molecule has 0 radical (unpaired) electrons. The van der Waals surface area contributed by atoms with E-state index in [9.17, 15) is 0 Å². The quantitative estimate of drug-likeness (QED) is 0.424. The largest absolute Gasteiger partial charge is 0.497 e. The first-order valence-electron chi connectivity index (χ1n) is 14.6. The Hall–Kier alpha value is -3.34. The van der Waals surface area contributed by atoms with Crippen LogP contribution in [-0.2, 0) is 13.1 Å². The van der Waals surface area contributed by atoms with Gasteiger partial charge in [0.25, 0.3) is 0 Å². The van der Waals surface area contributed by atoms with E-state index in [0.717, 1.165) is 47.8 Å². The smallest absolute Gasteiger partial charge is 0.135 e. The van der Waals surface area contributed by atoms with Crippen LogP contribution in [0.3, 0.4) is 0 Å². The molecule has 2 aliphatic heterocycles. The fourth-order valence-electron chi connectivity index (χ4n) is 5.34. The summed E-state index contributed by atoms with van der Waals surface area (Å²) in [5, 5.41) is 3.61. The summed E-state index contributed by atoms with van der Waals surface area (Å²) in [6.07, 6.45) is 7.59. The van der Waals surface area contributed by atoms with E-state index in [1.807, 2.05) is 26.0 Å². The lowest BCUT2D eigenvalue weighted by molar-refractivity contribution is 0.250. The molecule has 5 rings (SSSR count). The van der Waals surface area contributed by atoms with E-state index in [1.54, 1.807) is 7.11 Å². The zero-order chi connectivity index (χ0) is 28.5. The van der Waals surface area contributed by atoms with Gasteiger partial charge >= 0.3 is 0 Å². The van der Waals surface area contributed by atoms with Crippen molar-refractivity contribution in [1.82, 2.24) is 20.0 Å². The van der Waals surface area contributed by atoms with Crippen LogP contribution < -0.4 is 10.1 Å². The normalized spacial score (nSPS) is 19.1. The molecule has 5 heteroatoms. The number of rotatable bonds is 5. The second-order valence-corrected chi connectivity index (χ2v) is 10.7. The molecule has 212 valence electrons. The number of hydrogen-bond donors (Lipinski definition) is 1. The van der Waals surface area contributed by atoms with Gasteiger partial charge in [-0.1, -0.05) is 108 Å². The van der Waals surface area contributed by atoms with Gasteiger partial charge in [-0.05, 0) is 43.0 Å². The lowest BCUT2D eigenvalue weighted by Crippen LogP contribution is -2.39. The van der Waals surface area contributed by atoms with E-state index in [1.165, 1.54) is 48.8 Å². The van der Waals surface area contributed by atoms with Crippen molar-refractivity contribution in [2.75, 3.05) is 14.2 Å². The van der Waals surface area contributed by atoms with Gasteiger partial charge in [0, 0.05) is 20.1 Å². The first-order valence-corrected chi connectivity index (χ1v) is 14.6. The van der Waals surface area contributed by atoms with Crippen LogP contribution in [0.5, 0.6) is 5.75 Å². The summed E-state index contributed by atoms with van der Waals surface area (Å²) in [4.78, 5) is 6.69. The highest BCUT2D eigenvalue weighted by Gasteiger charge is 2.39. The highest BCUT2D eigenvalue weighted by atomic mass is 16.5. The molecule has 2 heterocycles. The molecule has 0 spiro atoms. The van der Waals surface area contributed by atoms with Crippen molar-refractivity contribution in [2.45, 2.75) is 86.0 Å². The minimum atomic E-state index is 0.156. The van der Waals surface area contributed by atoms with E-state index in [2.05, 4.69) is 97.4 Å². The molecule has 0 saturated heterocycles. The van der Waals surface area contributed by atoms with Crippen LogP contribution in [-0.4, -0.2) is 35.0 Å². The van der Waals surface area contributed by atoms with Gasteiger partial charge < -0.3 is 24.8 Å². The average Bonchev–Trinajstić information content (AvgIpc) is 3.29. The Morgan fingerprint density at radius 2 is 1.44 bits per heavy atom. The molecule has 0 aromatic heterocycles. The van der Waals surface area contributed by atoms with Crippen molar-refractivity contribution in [3.63, 3.8) is 0 Å². The maximum atomic E-state index is 5.29. The minimum absolute atomic E-state index is 0.156. The van der Waals surface area contributed by atoms with Crippen LogP contribution in [0.1, 0.15) is 76.5 Å². The number of nitrogens with one attached hydrogen (secondary N) is 1. The SMILES string of the molecule is C=C1C2=C(NC(C)N2Cc2ccc(OC)cc2)N(C)C(=C)N1Cc1ccc(C)cc1.CC.CC1CCCCC1. The molecule has 5 nitrogen and oxygen atoms in total. The molecule has 1 fully saturated rings. The van der Waals surface area contributed by atoms with Crippen LogP contribution in [0.4, 0.5) is 0 Å². The summed E-state index contributed by atoms with van der Waals surface area (Å²) >= 11 is 0. The molecule has 1 aliphatic carbocycles.